The fourth-order valence-corrected chi connectivity index (χ4v) is 4.35. The molecule has 1 aliphatic carbocycles. The van der Waals surface area contributed by atoms with E-state index in [1.54, 1.807) is 6.07 Å². The Hall–Kier alpha value is -2.93. The van der Waals surface area contributed by atoms with Crippen molar-refractivity contribution in [3.63, 3.8) is 0 Å². The van der Waals surface area contributed by atoms with Gasteiger partial charge in [-0.3, -0.25) is 10.7 Å². The third kappa shape index (κ3) is 4.31. The van der Waals surface area contributed by atoms with Crippen LogP contribution in [0.5, 0.6) is 0 Å². The highest BCUT2D eigenvalue weighted by atomic mass is 35.5. The number of nitrogens with zero attached hydrogens (tertiary/aromatic N) is 3. The van der Waals surface area contributed by atoms with Crippen molar-refractivity contribution in [1.82, 2.24) is 19.9 Å². The summed E-state index contributed by atoms with van der Waals surface area (Å²) in [6, 6.07) is 9.27. The lowest BCUT2D eigenvalue weighted by atomic mass is 9.83. The third-order valence-electron chi connectivity index (χ3n) is 5.75. The second-order valence-corrected chi connectivity index (χ2v) is 8.48. The Bertz CT molecular complexity index is 1100. The van der Waals surface area contributed by atoms with Gasteiger partial charge in [0.2, 0.25) is 0 Å². The monoisotopic (exact) mass is 425 g/mol. The highest BCUT2D eigenvalue weighted by Crippen LogP contribution is 2.33. The first kappa shape index (κ1) is 20.3. The van der Waals surface area contributed by atoms with Gasteiger partial charge in [-0.05, 0) is 42.9 Å². The van der Waals surface area contributed by atoms with Crippen molar-refractivity contribution in [2.24, 2.45) is 11.8 Å². The molecule has 0 unspecified atom stereocenters. The molecule has 0 atom stereocenters. The maximum Gasteiger partial charge on any atom is 0.410 e. The molecule has 3 N–H and O–H groups in total. The molecule has 3 aromatic rings. The van der Waals surface area contributed by atoms with Gasteiger partial charge in [0.05, 0.1) is 16.7 Å². The molecule has 1 fully saturated rings. The van der Waals surface area contributed by atoms with Crippen LogP contribution >= 0.6 is 11.6 Å². The zero-order valence-corrected chi connectivity index (χ0v) is 17.5. The smallest absolute Gasteiger partial charge is 0.410 e. The van der Waals surface area contributed by atoms with Gasteiger partial charge >= 0.3 is 6.09 Å². The molecule has 8 heteroatoms. The first-order valence-electron chi connectivity index (χ1n) is 10.1. The summed E-state index contributed by atoms with van der Waals surface area (Å²) in [6.07, 6.45) is 5.60. The Labute approximate surface area is 179 Å². The predicted molar refractivity (Wildman–Crippen MR) is 117 cm³/mol. The Morgan fingerprint density at radius 1 is 1.27 bits per heavy atom. The fourth-order valence-electron chi connectivity index (χ4n) is 4.16. The first-order valence-corrected chi connectivity index (χ1v) is 10.5. The van der Waals surface area contributed by atoms with E-state index in [1.807, 2.05) is 35.8 Å². The van der Waals surface area contributed by atoms with Gasteiger partial charge in [0.1, 0.15) is 0 Å². The number of hydrogen-bond acceptors (Lipinski definition) is 4. The minimum atomic E-state index is -1.32. The number of amidine groups is 1. The molecule has 1 aliphatic rings. The van der Waals surface area contributed by atoms with Crippen molar-refractivity contribution in [3.8, 4) is 11.3 Å². The van der Waals surface area contributed by atoms with E-state index in [2.05, 4.69) is 21.5 Å². The van der Waals surface area contributed by atoms with E-state index in [4.69, 9.17) is 22.1 Å². The van der Waals surface area contributed by atoms with E-state index in [-0.39, 0.29) is 11.7 Å². The zero-order valence-electron chi connectivity index (χ0n) is 16.7. The largest absolute Gasteiger partial charge is 0.465 e. The second kappa shape index (κ2) is 8.44. The summed E-state index contributed by atoms with van der Waals surface area (Å²) in [5.74, 6) is 1.07. The van der Waals surface area contributed by atoms with Gasteiger partial charge in [-0.2, -0.15) is 0 Å². The molecule has 1 amide bonds. The van der Waals surface area contributed by atoms with Crippen molar-refractivity contribution in [1.29, 1.82) is 5.41 Å². The van der Waals surface area contributed by atoms with Gasteiger partial charge in [0.25, 0.3) is 0 Å². The maximum atomic E-state index is 11.0. The van der Waals surface area contributed by atoms with Crippen LogP contribution in [0.3, 0.4) is 0 Å². The molecule has 7 nitrogen and oxygen atoms in total. The molecule has 156 valence electrons. The van der Waals surface area contributed by atoms with Gasteiger partial charge in [-0.15, -0.1) is 0 Å². The minimum absolute atomic E-state index is 0.0316. The predicted octanol–water partition coefficient (Wildman–Crippen LogP) is 5.17. The standard InChI is InChI=1S/C22H24ClN5O2/c1-13-5-7-14(8-6-13)12-28-10-9-17-19(28)18(15-3-2-4-16(23)11-15)26-21(25-17)20(24)27-22(29)30/h2-4,9-11,13-14H,5-8,12H2,1H3,(H2,24,27)(H,29,30). The number of benzene rings is 1. The summed E-state index contributed by atoms with van der Waals surface area (Å²) in [5, 5.41) is 19.6. The van der Waals surface area contributed by atoms with Crippen LogP contribution in [0, 0.1) is 17.2 Å². The second-order valence-electron chi connectivity index (χ2n) is 8.04. The van der Waals surface area contributed by atoms with E-state index in [0.717, 1.165) is 23.5 Å². The highest BCUT2D eigenvalue weighted by molar-refractivity contribution is 6.30. The summed E-state index contributed by atoms with van der Waals surface area (Å²) >= 11 is 6.22. The van der Waals surface area contributed by atoms with Crippen LogP contribution in [0.4, 0.5) is 4.79 Å². The quantitative estimate of drug-likeness (QED) is 0.396. The van der Waals surface area contributed by atoms with Crippen molar-refractivity contribution in [2.75, 3.05) is 0 Å². The SMILES string of the molecule is CC1CCC(Cn2ccc3nc(C(=N)NC(=O)O)nc(-c4cccc(Cl)c4)c32)CC1. The van der Waals surface area contributed by atoms with Crippen LogP contribution in [-0.4, -0.2) is 31.6 Å². The number of amides is 1. The van der Waals surface area contributed by atoms with Crippen molar-refractivity contribution >= 4 is 34.6 Å². The molecular formula is C22H24ClN5O2. The van der Waals surface area contributed by atoms with Gasteiger partial charge in [0.15, 0.2) is 11.7 Å². The normalized spacial score (nSPS) is 19.0. The maximum absolute atomic E-state index is 11.0. The molecular weight excluding hydrogens is 402 g/mol. The van der Waals surface area contributed by atoms with E-state index < -0.39 is 6.09 Å². The average molecular weight is 426 g/mol. The Balaban J connectivity index is 1.79. The Morgan fingerprint density at radius 3 is 2.73 bits per heavy atom. The van der Waals surface area contributed by atoms with Crippen LogP contribution in [-0.2, 0) is 6.54 Å². The zero-order chi connectivity index (χ0) is 21.3. The number of carbonyl (C=O) groups is 1. The van der Waals surface area contributed by atoms with E-state index in [9.17, 15) is 4.79 Å². The molecule has 0 bridgehead atoms. The lowest BCUT2D eigenvalue weighted by Crippen LogP contribution is -2.30. The molecule has 2 aromatic heterocycles. The molecule has 1 aromatic carbocycles. The van der Waals surface area contributed by atoms with Crippen molar-refractivity contribution in [2.45, 2.75) is 39.2 Å². The first-order chi connectivity index (χ1) is 14.4. The van der Waals surface area contributed by atoms with E-state index in [0.29, 0.717) is 22.2 Å². The average Bonchev–Trinajstić information content (AvgIpc) is 3.11. The van der Waals surface area contributed by atoms with Gasteiger partial charge < -0.3 is 9.67 Å². The van der Waals surface area contributed by atoms with Crippen LogP contribution in [0.15, 0.2) is 36.5 Å². The van der Waals surface area contributed by atoms with Crippen LogP contribution in [0.25, 0.3) is 22.3 Å². The van der Waals surface area contributed by atoms with Crippen molar-refractivity contribution in [3.05, 3.63) is 47.4 Å². The number of rotatable bonds is 4. The Kier molecular flexibility index (Phi) is 5.72. The number of carboxylic acid groups (broad SMARTS) is 1. The lowest BCUT2D eigenvalue weighted by molar-refractivity contribution is 0.200. The summed E-state index contributed by atoms with van der Waals surface area (Å²) in [7, 11) is 0. The number of fused-ring (bicyclic) bond motifs is 1. The summed E-state index contributed by atoms with van der Waals surface area (Å²) < 4.78 is 2.18. The lowest BCUT2D eigenvalue weighted by Gasteiger charge is -2.26. The van der Waals surface area contributed by atoms with E-state index in [1.165, 1.54) is 25.7 Å². The van der Waals surface area contributed by atoms with Gasteiger partial charge in [-0.1, -0.05) is 43.5 Å². The molecule has 4 rings (SSSR count). The molecule has 0 radical (unpaired) electrons. The van der Waals surface area contributed by atoms with Crippen LogP contribution in [0.1, 0.15) is 38.4 Å². The van der Waals surface area contributed by atoms with Crippen LogP contribution < -0.4 is 5.32 Å². The summed E-state index contributed by atoms with van der Waals surface area (Å²) in [5.41, 5.74) is 3.00. The molecule has 0 spiro atoms. The van der Waals surface area contributed by atoms with Gasteiger partial charge in [0, 0.05) is 23.3 Å². The van der Waals surface area contributed by atoms with Gasteiger partial charge in [-0.25, -0.2) is 14.8 Å². The van der Waals surface area contributed by atoms with Crippen molar-refractivity contribution < 1.29 is 9.90 Å². The molecule has 1 saturated carbocycles. The topological polar surface area (TPSA) is 104 Å². The van der Waals surface area contributed by atoms with Crippen LogP contribution in [0.2, 0.25) is 5.02 Å². The molecule has 2 heterocycles. The number of hydrogen-bond donors (Lipinski definition) is 3. The van der Waals surface area contributed by atoms with E-state index >= 15 is 0 Å². The number of halogens is 1. The number of aromatic nitrogens is 3. The molecule has 0 saturated heterocycles. The fraction of sp³-hybridized carbons (Fsp3) is 0.364. The summed E-state index contributed by atoms with van der Waals surface area (Å²) in [4.78, 5) is 20.0. The molecule has 30 heavy (non-hydrogen) atoms. The Morgan fingerprint density at radius 2 is 2.03 bits per heavy atom. The molecule has 0 aliphatic heterocycles. The summed E-state index contributed by atoms with van der Waals surface area (Å²) in [6.45, 7) is 3.20. The minimum Gasteiger partial charge on any atom is -0.465 e. The number of nitrogens with one attached hydrogen (secondary N) is 2. The third-order valence-corrected chi connectivity index (χ3v) is 5.99. The highest BCUT2D eigenvalue weighted by Gasteiger charge is 2.22.